The Morgan fingerprint density at radius 3 is 2.39 bits per heavy atom. The molecule has 0 saturated heterocycles. The van der Waals surface area contributed by atoms with Gasteiger partial charge >= 0.3 is 5.97 Å². The minimum atomic E-state index is -1.30. The molecule has 7 heteroatoms. The maximum atomic E-state index is 11.6. The fraction of sp³-hybridized carbons (Fsp3) is 0.345. The molecule has 2 aromatic carbocycles. The second-order valence-corrected chi connectivity index (χ2v) is 10.9. The number of carboxylic acid groups (broad SMARTS) is 1. The van der Waals surface area contributed by atoms with Gasteiger partial charge in [0.2, 0.25) is 0 Å². The zero-order valence-corrected chi connectivity index (χ0v) is 22.4. The van der Waals surface area contributed by atoms with Crippen LogP contribution in [-0.4, -0.2) is 38.8 Å². The van der Waals surface area contributed by atoms with Crippen LogP contribution >= 0.6 is 11.3 Å². The van der Waals surface area contributed by atoms with Crippen LogP contribution in [-0.2, 0) is 17.9 Å². The van der Waals surface area contributed by atoms with Gasteiger partial charge in [-0.1, -0.05) is 42.5 Å². The monoisotopic (exact) mass is 503 g/mol. The SMILES string of the molecule is CC1=C(CN(Cc2cc(C)c(OC(C)(C)C(=O)O)c(C)c2)Cc2nccs2)N=C(c2ccccc2)C1. The molecule has 6 nitrogen and oxygen atoms in total. The van der Waals surface area contributed by atoms with Crippen molar-refractivity contribution in [2.24, 2.45) is 4.99 Å². The van der Waals surface area contributed by atoms with Gasteiger partial charge in [-0.05, 0) is 62.4 Å². The lowest BCUT2D eigenvalue weighted by atomic mass is 10.0. The Labute approximate surface area is 217 Å². The molecule has 0 fully saturated rings. The highest BCUT2D eigenvalue weighted by Gasteiger charge is 2.30. The van der Waals surface area contributed by atoms with Crippen molar-refractivity contribution in [3.8, 4) is 5.75 Å². The third-order valence-corrected chi connectivity index (χ3v) is 7.08. The topological polar surface area (TPSA) is 75.0 Å². The summed E-state index contributed by atoms with van der Waals surface area (Å²) in [5.41, 5.74) is 6.39. The average Bonchev–Trinajstić information content (AvgIpc) is 3.46. The molecule has 0 spiro atoms. The van der Waals surface area contributed by atoms with Crippen LogP contribution in [0.25, 0.3) is 0 Å². The predicted octanol–water partition coefficient (Wildman–Crippen LogP) is 6.17. The van der Waals surface area contributed by atoms with E-state index in [2.05, 4.69) is 53.2 Å². The number of benzene rings is 2. The largest absolute Gasteiger partial charge is 0.478 e. The summed E-state index contributed by atoms with van der Waals surface area (Å²) in [6.07, 6.45) is 2.71. The van der Waals surface area contributed by atoms with Crippen LogP contribution in [0.2, 0.25) is 0 Å². The maximum absolute atomic E-state index is 11.6. The van der Waals surface area contributed by atoms with E-state index >= 15 is 0 Å². The number of aryl methyl sites for hydroxylation is 2. The number of rotatable bonds is 10. The molecule has 0 unspecified atom stereocenters. The Hall–Kier alpha value is -3.29. The van der Waals surface area contributed by atoms with Crippen molar-refractivity contribution in [1.82, 2.24) is 9.88 Å². The minimum Gasteiger partial charge on any atom is -0.478 e. The summed E-state index contributed by atoms with van der Waals surface area (Å²) >= 11 is 1.66. The third-order valence-electron chi connectivity index (χ3n) is 6.32. The standard InChI is InChI=1S/C29H33N3O3S/c1-19-15-24(23-9-7-6-8-10-23)31-25(19)17-32(18-26-30-11-12-36-26)16-22-13-20(2)27(21(3)14-22)35-29(4,5)28(33)34/h6-14H,15-18H2,1-5H3,(H,33,34). The fourth-order valence-corrected chi connectivity index (χ4v) is 5.03. The summed E-state index contributed by atoms with van der Waals surface area (Å²) in [6.45, 7) is 11.4. The molecule has 36 heavy (non-hydrogen) atoms. The first-order valence-electron chi connectivity index (χ1n) is 12.1. The molecule has 0 aliphatic carbocycles. The lowest BCUT2D eigenvalue weighted by Crippen LogP contribution is -2.38. The van der Waals surface area contributed by atoms with Crippen molar-refractivity contribution >= 4 is 23.0 Å². The van der Waals surface area contributed by atoms with Gasteiger partial charge in [-0.25, -0.2) is 9.78 Å². The van der Waals surface area contributed by atoms with Gasteiger partial charge in [0.25, 0.3) is 0 Å². The van der Waals surface area contributed by atoms with E-state index in [1.807, 2.05) is 31.5 Å². The predicted molar refractivity (Wildman–Crippen MR) is 145 cm³/mol. The van der Waals surface area contributed by atoms with Crippen LogP contribution < -0.4 is 4.74 Å². The second-order valence-electron chi connectivity index (χ2n) is 9.88. The molecule has 3 aromatic rings. The van der Waals surface area contributed by atoms with Gasteiger partial charge in [-0.3, -0.25) is 9.89 Å². The van der Waals surface area contributed by atoms with Crippen LogP contribution in [0.1, 0.15) is 54.5 Å². The molecule has 1 aromatic heterocycles. The molecule has 0 amide bonds. The number of hydrogen-bond donors (Lipinski definition) is 1. The zero-order chi connectivity index (χ0) is 25.9. The number of carbonyl (C=O) groups is 1. The number of aliphatic carboxylic acids is 1. The van der Waals surface area contributed by atoms with Crippen LogP contribution in [0.5, 0.6) is 5.75 Å². The third kappa shape index (κ3) is 6.09. The maximum Gasteiger partial charge on any atom is 0.347 e. The van der Waals surface area contributed by atoms with Gasteiger partial charge in [0.15, 0.2) is 5.60 Å². The molecule has 1 N–H and O–H groups in total. The Balaban J connectivity index is 1.57. The lowest BCUT2D eigenvalue weighted by Gasteiger charge is -2.26. The smallest absolute Gasteiger partial charge is 0.347 e. The zero-order valence-electron chi connectivity index (χ0n) is 21.5. The van der Waals surface area contributed by atoms with Crippen molar-refractivity contribution in [2.75, 3.05) is 6.54 Å². The van der Waals surface area contributed by atoms with E-state index in [1.165, 1.54) is 11.1 Å². The van der Waals surface area contributed by atoms with Crippen molar-refractivity contribution in [3.63, 3.8) is 0 Å². The van der Waals surface area contributed by atoms with Crippen molar-refractivity contribution in [3.05, 3.63) is 92.6 Å². The normalized spacial score (nSPS) is 13.9. The van der Waals surface area contributed by atoms with E-state index in [4.69, 9.17) is 9.73 Å². The van der Waals surface area contributed by atoms with E-state index in [9.17, 15) is 9.90 Å². The van der Waals surface area contributed by atoms with Crippen molar-refractivity contribution in [2.45, 2.75) is 59.7 Å². The molecule has 0 bridgehead atoms. The molecule has 4 rings (SSSR count). The highest BCUT2D eigenvalue weighted by atomic mass is 32.1. The van der Waals surface area contributed by atoms with Gasteiger partial charge in [-0.15, -0.1) is 11.3 Å². The van der Waals surface area contributed by atoms with Gasteiger partial charge in [0.05, 0.1) is 18.0 Å². The molecular weight excluding hydrogens is 470 g/mol. The summed E-state index contributed by atoms with van der Waals surface area (Å²) in [5.74, 6) is -0.361. The van der Waals surface area contributed by atoms with E-state index in [0.717, 1.165) is 59.2 Å². The molecule has 188 valence electrons. The van der Waals surface area contributed by atoms with Crippen LogP contribution in [0, 0.1) is 13.8 Å². The summed E-state index contributed by atoms with van der Waals surface area (Å²) in [7, 11) is 0. The number of hydrogen-bond acceptors (Lipinski definition) is 6. The first kappa shape index (κ1) is 25.8. The summed E-state index contributed by atoms with van der Waals surface area (Å²) < 4.78 is 5.90. The molecular formula is C29H33N3O3S. The van der Waals surface area contributed by atoms with Crippen LogP contribution in [0.4, 0.5) is 0 Å². The second kappa shape index (κ2) is 10.8. The summed E-state index contributed by atoms with van der Waals surface area (Å²) in [5, 5.41) is 12.5. The van der Waals surface area contributed by atoms with E-state index in [0.29, 0.717) is 5.75 Å². The number of carboxylic acids is 1. The van der Waals surface area contributed by atoms with E-state index < -0.39 is 11.6 Å². The molecule has 2 heterocycles. The van der Waals surface area contributed by atoms with Crippen LogP contribution in [0.15, 0.2) is 70.3 Å². The fourth-order valence-electron chi connectivity index (χ4n) is 4.37. The van der Waals surface area contributed by atoms with Crippen molar-refractivity contribution < 1.29 is 14.6 Å². The number of ether oxygens (including phenoxy) is 1. The van der Waals surface area contributed by atoms with E-state index in [1.54, 1.807) is 25.2 Å². The number of allylic oxidation sites excluding steroid dienone is 1. The Bertz CT molecular complexity index is 1270. The average molecular weight is 504 g/mol. The van der Waals surface area contributed by atoms with Crippen LogP contribution in [0.3, 0.4) is 0 Å². The lowest BCUT2D eigenvalue weighted by molar-refractivity contribution is -0.152. The minimum absolute atomic E-state index is 0.629. The summed E-state index contributed by atoms with van der Waals surface area (Å²) in [4.78, 5) is 23.5. The molecule has 0 radical (unpaired) electrons. The molecule has 0 atom stereocenters. The Kier molecular flexibility index (Phi) is 7.71. The van der Waals surface area contributed by atoms with Gasteiger partial charge < -0.3 is 9.84 Å². The molecule has 0 saturated carbocycles. The Morgan fingerprint density at radius 1 is 1.08 bits per heavy atom. The van der Waals surface area contributed by atoms with Crippen molar-refractivity contribution in [1.29, 1.82) is 0 Å². The quantitative estimate of drug-likeness (QED) is 0.358. The van der Waals surface area contributed by atoms with Gasteiger partial charge in [-0.2, -0.15) is 0 Å². The number of aromatic nitrogens is 1. The van der Waals surface area contributed by atoms with Gasteiger partial charge in [0.1, 0.15) is 10.8 Å². The first-order valence-corrected chi connectivity index (χ1v) is 12.9. The highest BCUT2D eigenvalue weighted by Crippen LogP contribution is 2.30. The first-order chi connectivity index (χ1) is 17.1. The van der Waals surface area contributed by atoms with E-state index in [-0.39, 0.29) is 0 Å². The number of nitrogens with zero attached hydrogens (tertiary/aromatic N) is 3. The number of thiazole rings is 1. The van der Waals surface area contributed by atoms with Gasteiger partial charge in [0, 0.05) is 31.1 Å². The highest BCUT2D eigenvalue weighted by molar-refractivity contribution is 7.09. The number of aliphatic imine (C=N–C) groups is 1. The molecule has 1 aliphatic heterocycles. The summed E-state index contributed by atoms with van der Waals surface area (Å²) in [6, 6.07) is 14.5. The molecule has 1 aliphatic rings. The Morgan fingerprint density at radius 2 is 1.78 bits per heavy atom.